The lowest BCUT2D eigenvalue weighted by atomic mass is 9.99. The third kappa shape index (κ3) is 4.64. The van der Waals surface area contributed by atoms with Crippen LogP contribution in [-0.2, 0) is 14.8 Å². The molecule has 0 saturated carbocycles. The maximum absolute atomic E-state index is 13.9. The lowest BCUT2D eigenvalue weighted by Gasteiger charge is -2.30. The second-order valence-corrected chi connectivity index (χ2v) is 10.1. The van der Waals surface area contributed by atoms with Gasteiger partial charge in [-0.1, -0.05) is 23.4 Å². The Morgan fingerprint density at radius 1 is 1.34 bits per heavy atom. The standard InChI is InChI=1S/C21H21FN4O4S2/c1-14-19(18(30-25-14)9-8-15-5-2-3-7-17(15)22)32(28,29)26-11-4-6-16(13-26)20(27)24-21-23-10-12-31-21/h2-3,5,7-10,12,16H,4,6,11,13H2,1H3,(H,23,24,27)/b9-8+. The smallest absolute Gasteiger partial charge is 0.248 e. The van der Waals surface area contributed by atoms with E-state index in [9.17, 15) is 17.6 Å². The van der Waals surface area contributed by atoms with Gasteiger partial charge in [0.2, 0.25) is 15.9 Å². The number of thiazole rings is 1. The van der Waals surface area contributed by atoms with E-state index in [0.29, 0.717) is 23.5 Å². The van der Waals surface area contributed by atoms with Gasteiger partial charge < -0.3 is 9.84 Å². The number of sulfonamides is 1. The molecular formula is C21H21FN4O4S2. The monoisotopic (exact) mass is 476 g/mol. The summed E-state index contributed by atoms with van der Waals surface area (Å²) >= 11 is 1.30. The summed E-state index contributed by atoms with van der Waals surface area (Å²) in [5.74, 6) is -1.18. The van der Waals surface area contributed by atoms with Crippen LogP contribution in [0, 0.1) is 18.7 Å². The van der Waals surface area contributed by atoms with Gasteiger partial charge in [0.25, 0.3) is 0 Å². The number of halogens is 1. The van der Waals surface area contributed by atoms with Gasteiger partial charge in [-0.3, -0.25) is 4.79 Å². The van der Waals surface area contributed by atoms with Crippen LogP contribution in [0.3, 0.4) is 0 Å². The fourth-order valence-corrected chi connectivity index (χ4v) is 5.88. The molecule has 0 radical (unpaired) electrons. The summed E-state index contributed by atoms with van der Waals surface area (Å²) in [5, 5.41) is 8.76. The molecule has 11 heteroatoms. The number of carbonyl (C=O) groups is 1. The molecule has 1 atom stereocenters. The van der Waals surface area contributed by atoms with Crippen molar-refractivity contribution < 1.29 is 22.1 Å². The number of hydrogen-bond donors (Lipinski definition) is 1. The zero-order valence-electron chi connectivity index (χ0n) is 17.2. The van der Waals surface area contributed by atoms with Crippen LogP contribution in [0.25, 0.3) is 12.2 Å². The van der Waals surface area contributed by atoms with E-state index in [1.807, 2.05) is 0 Å². The minimum atomic E-state index is -3.98. The van der Waals surface area contributed by atoms with E-state index in [4.69, 9.17) is 4.52 Å². The third-order valence-corrected chi connectivity index (χ3v) is 7.88. The molecule has 1 unspecified atom stereocenters. The predicted molar refractivity (Wildman–Crippen MR) is 119 cm³/mol. The van der Waals surface area contributed by atoms with E-state index >= 15 is 0 Å². The highest BCUT2D eigenvalue weighted by atomic mass is 32.2. The quantitative estimate of drug-likeness (QED) is 0.580. The lowest BCUT2D eigenvalue weighted by Crippen LogP contribution is -2.43. The maximum Gasteiger partial charge on any atom is 0.248 e. The average Bonchev–Trinajstić information content (AvgIpc) is 3.43. The Hall–Kier alpha value is -2.89. The number of aromatic nitrogens is 2. The molecule has 1 saturated heterocycles. The molecule has 1 aliphatic rings. The molecule has 3 aromatic rings. The Morgan fingerprint density at radius 2 is 2.16 bits per heavy atom. The lowest BCUT2D eigenvalue weighted by molar-refractivity contribution is -0.120. The zero-order valence-corrected chi connectivity index (χ0v) is 18.8. The Balaban J connectivity index is 1.56. The molecule has 0 spiro atoms. The molecule has 0 aliphatic carbocycles. The number of amides is 1. The van der Waals surface area contributed by atoms with Gasteiger partial charge in [-0.2, -0.15) is 4.31 Å². The third-order valence-electron chi connectivity index (χ3n) is 5.17. The van der Waals surface area contributed by atoms with Crippen LogP contribution in [0.4, 0.5) is 9.52 Å². The number of benzene rings is 1. The number of nitrogens with one attached hydrogen (secondary N) is 1. The van der Waals surface area contributed by atoms with Gasteiger partial charge >= 0.3 is 0 Å². The molecule has 8 nitrogen and oxygen atoms in total. The summed E-state index contributed by atoms with van der Waals surface area (Å²) in [5.41, 5.74) is 0.495. The second-order valence-electron chi connectivity index (χ2n) is 7.34. The van der Waals surface area contributed by atoms with E-state index in [1.165, 1.54) is 40.8 Å². The van der Waals surface area contributed by atoms with E-state index in [0.717, 1.165) is 0 Å². The minimum Gasteiger partial charge on any atom is -0.355 e. The summed E-state index contributed by atoms with van der Waals surface area (Å²) in [6, 6.07) is 6.13. The van der Waals surface area contributed by atoms with Gasteiger partial charge in [-0.05, 0) is 38.0 Å². The molecule has 32 heavy (non-hydrogen) atoms. The molecular weight excluding hydrogens is 455 g/mol. The summed E-state index contributed by atoms with van der Waals surface area (Å²) in [6.07, 6.45) is 5.53. The van der Waals surface area contributed by atoms with Crippen molar-refractivity contribution in [2.75, 3.05) is 18.4 Å². The Bertz CT molecular complexity index is 1240. The van der Waals surface area contributed by atoms with Crippen molar-refractivity contribution in [3.8, 4) is 0 Å². The normalized spacial score (nSPS) is 17.6. The van der Waals surface area contributed by atoms with Gasteiger partial charge in [-0.15, -0.1) is 11.3 Å². The number of rotatable bonds is 6. The second kappa shape index (κ2) is 9.31. The molecule has 1 aromatic carbocycles. The van der Waals surface area contributed by atoms with Gasteiger partial charge in [-0.25, -0.2) is 17.8 Å². The number of hydrogen-bond acceptors (Lipinski definition) is 7. The fraction of sp³-hybridized carbons (Fsp3) is 0.286. The number of piperidine rings is 1. The first-order valence-corrected chi connectivity index (χ1v) is 12.3. The largest absolute Gasteiger partial charge is 0.355 e. The van der Waals surface area contributed by atoms with E-state index in [1.54, 1.807) is 29.8 Å². The highest BCUT2D eigenvalue weighted by molar-refractivity contribution is 7.89. The predicted octanol–water partition coefficient (Wildman–Crippen LogP) is 3.79. The average molecular weight is 477 g/mol. The van der Waals surface area contributed by atoms with Crippen LogP contribution in [0.1, 0.15) is 29.9 Å². The van der Waals surface area contributed by atoms with Crippen molar-refractivity contribution >= 4 is 44.6 Å². The van der Waals surface area contributed by atoms with Crippen molar-refractivity contribution in [2.45, 2.75) is 24.7 Å². The van der Waals surface area contributed by atoms with Crippen LogP contribution in [-0.4, -0.2) is 41.9 Å². The fourth-order valence-electron chi connectivity index (χ4n) is 3.57. The Kier molecular flexibility index (Phi) is 6.49. The molecule has 1 amide bonds. The first kappa shape index (κ1) is 22.3. The molecule has 1 N–H and O–H groups in total. The van der Waals surface area contributed by atoms with Gasteiger partial charge in [0, 0.05) is 30.2 Å². The van der Waals surface area contributed by atoms with E-state index in [2.05, 4.69) is 15.5 Å². The molecule has 1 fully saturated rings. The van der Waals surface area contributed by atoms with E-state index < -0.39 is 21.8 Å². The molecule has 1 aliphatic heterocycles. The Morgan fingerprint density at radius 3 is 2.91 bits per heavy atom. The van der Waals surface area contributed by atoms with Crippen molar-refractivity contribution in [3.63, 3.8) is 0 Å². The highest BCUT2D eigenvalue weighted by Gasteiger charge is 2.37. The molecule has 3 heterocycles. The topological polar surface area (TPSA) is 105 Å². The number of aryl methyl sites for hydroxylation is 1. The SMILES string of the molecule is Cc1noc(/C=C/c2ccccc2F)c1S(=O)(=O)N1CCCC(C(=O)Nc2nccs2)C1. The van der Waals surface area contributed by atoms with Crippen molar-refractivity contribution in [3.05, 3.63) is 58.7 Å². The van der Waals surface area contributed by atoms with Crippen molar-refractivity contribution in [2.24, 2.45) is 5.92 Å². The van der Waals surface area contributed by atoms with Crippen molar-refractivity contribution in [1.29, 1.82) is 0 Å². The number of nitrogens with zero attached hydrogens (tertiary/aromatic N) is 3. The van der Waals surface area contributed by atoms with Gasteiger partial charge in [0.1, 0.15) is 11.5 Å². The zero-order chi connectivity index (χ0) is 22.7. The van der Waals surface area contributed by atoms with Gasteiger partial charge in [0.15, 0.2) is 15.8 Å². The summed E-state index contributed by atoms with van der Waals surface area (Å²) in [6.45, 7) is 1.86. The minimum absolute atomic E-state index is 0.0140. The molecule has 4 rings (SSSR count). The van der Waals surface area contributed by atoms with Crippen LogP contribution in [0.15, 0.2) is 45.3 Å². The first-order chi connectivity index (χ1) is 15.4. The first-order valence-electron chi connectivity index (χ1n) is 9.95. The maximum atomic E-state index is 13.9. The van der Waals surface area contributed by atoms with Crippen LogP contribution in [0.2, 0.25) is 0 Å². The van der Waals surface area contributed by atoms with Crippen LogP contribution >= 0.6 is 11.3 Å². The van der Waals surface area contributed by atoms with Gasteiger partial charge in [0.05, 0.1) is 5.92 Å². The summed E-state index contributed by atoms with van der Waals surface area (Å²) in [7, 11) is -3.98. The molecule has 2 aromatic heterocycles. The summed E-state index contributed by atoms with van der Waals surface area (Å²) in [4.78, 5) is 16.6. The van der Waals surface area contributed by atoms with E-state index in [-0.39, 0.29) is 35.3 Å². The number of carbonyl (C=O) groups excluding carboxylic acids is 1. The molecule has 0 bridgehead atoms. The van der Waals surface area contributed by atoms with Crippen LogP contribution in [0.5, 0.6) is 0 Å². The highest BCUT2D eigenvalue weighted by Crippen LogP contribution is 2.30. The van der Waals surface area contributed by atoms with Crippen molar-refractivity contribution in [1.82, 2.24) is 14.4 Å². The number of anilines is 1. The Labute approximate surface area is 188 Å². The summed E-state index contributed by atoms with van der Waals surface area (Å²) < 4.78 is 47.3. The molecule has 168 valence electrons. The van der Waals surface area contributed by atoms with Crippen LogP contribution < -0.4 is 5.32 Å².